The van der Waals surface area contributed by atoms with Gasteiger partial charge in [0.2, 0.25) is 0 Å². The SMILES string of the molecule is CN(CCc1ccncc1)c1ccc(C(=O)N(C)C2CCS(=O)(=O)C2)cn1. The van der Waals surface area contributed by atoms with E-state index in [0.717, 1.165) is 18.8 Å². The van der Waals surface area contributed by atoms with Crippen LogP contribution in [0.2, 0.25) is 0 Å². The van der Waals surface area contributed by atoms with E-state index in [2.05, 4.69) is 9.97 Å². The predicted molar refractivity (Wildman–Crippen MR) is 105 cm³/mol. The maximum atomic E-state index is 12.6. The number of rotatable bonds is 6. The van der Waals surface area contributed by atoms with Gasteiger partial charge in [0.15, 0.2) is 9.84 Å². The van der Waals surface area contributed by atoms with Gasteiger partial charge < -0.3 is 9.80 Å². The molecule has 0 radical (unpaired) electrons. The summed E-state index contributed by atoms with van der Waals surface area (Å²) in [6.45, 7) is 0.796. The standard InChI is InChI=1S/C19H24N4O3S/c1-22(11-7-15-5-9-20-10-6-15)18-4-3-16(13-21-18)19(24)23(2)17-8-12-27(25,26)14-17/h3-6,9-10,13,17H,7-8,11-12,14H2,1-2H3. The molecule has 144 valence electrons. The molecule has 1 aliphatic heterocycles. The van der Waals surface area contributed by atoms with E-state index in [1.54, 1.807) is 31.7 Å². The van der Waals surface area contributed by atoms with Crippen molar-refractivity contribution in [3.8, 4) is 0 Å². The zero-order chi connectivity index (χ0) is 19.4. The number of carbonyl (C=O) groups excluding carboxylic acids is 1. The topological polar surface area (TPSA) is 83.5 Å². The molecule has 3 rings (SSSR count). The van der Waals surface area contributed by atoms with Gasteiger partial charge in [0, 0.05) is 45.3 Å². The van der Waals surface area contributed by atoms with Crippen LogP contribution in [0.25, 0.3) is 0 Å². The van der Waals surface area contributed by atoms with Gasteiger partial charge in [0.25, 0.3) is 5.91 Å². The van der Waals surface area contributed by atoms with E-state index in [1.165, 1.54) is 10.5 Å². The highest BCUT2D eigenvalue weighted by atomic mass is 32.2. The van der Waals surface area contributed by atoms with Crippen molar-refractivity contribution in [2.24, 2.45) is 0 Å². The smallest absolute Gasteiger partial charge is 0.255 e. The molecule has 27 heavy (non-hydrogen) atoms. The summed E-state index contributed by atoms with van der Waals surface area (Å²) in [5, 5.41) is 0. The Morgan fingerprint density at radius 2 is 1.93 bits per heavy atom. The number of aromatic nitrogens is 2. The van der Waals surface area contributed by atoms with Gasteiger partial charge in [0.05, 0.1) is 17.1 Å². The summed E-state index contributed by atoms with van der Waals surface area (Å²) in [5.41, 5.74) is 1.67. The van der Waals surface area contributed by atoms with Crippen LogP contribution in [0.1, 0.15) is 22.3 Å². The number of pyridine rings is 2. The second-order valence-electron chi connectivity index (χ2n) is 6.91. The Kier molecular flexibility index (Phi) is 5.74. The van der Waals surface area contributed by atoms with Crippen molar-refractivity contribution in [1.82, 2.24) is 14.9 Å². The summed E-state index contributed by atoms with van der Waals surface area (Å²) < 4.78 is 23.3. The average molecular weight is 388 g/mol. The third kappa shape index (κ3) is 4.82. The molecule has 0 N–H and O–H groups in total. The van der Waals surface area contributed by atoms with Gasteiger partial charge >= 0.3 is 0 Å². The molecule has 0 spiro atoms. The molecule has 0 aromatic carbocycles. The fraction of sp³-hybridized carbons (Fsp3) is 0.421. The van der Waals surface area contributed by atoms with E-state index in [9.17, 15) is 13.2 Å². The molecule has 7 nitrogen and oxygen atoms in total. The number of hydrogen-bond donors (Lipinski definition) is 0. The van der Waals surface area contributed by atoms with E-state index in [1.807, 2.05) is 30.1 Å². The molecule has 1 saturated heterocycles. The van der Waals surface area contributed by atoms with Gasteiger partial charge in [-0.1, -0.05) is 0 Å². The highest BCUT2D eigenvalue weighted by Crippen LogP contribution is 2.19. The molecule has 0 aliphatic carbocycles. The molecule has 0 saturated carbocycles. The molecule has 1 fully saturated rings. The second kappa shape index (κ2) is 8.04. The van der Waals surface area contributed by atoms with E-state index in [4.69, 9.17) is 0 Å². The number of sulfone groups is 1. The monoisotopic (exact) mass is 388 g/mol. The summed E-state index contributed by atoms with van der Waals surface area (Å²) >= 11 is 0. The Morgan fingerprint density at radius 1 is 1.19 bits per heavy atom. The van der Waals surface area contributed by atoms with Crippen molar-refractivity contribution >= 4 is 21.6 Å². The lowest BCUT2D eigenvalue weighted by Crippen LogP contribution is -2.37. The zero-order valence-corrected chi connectivity index (χ0v) is 16.4. The van der Waals surface area contributed by atoms with Crippen LogP contribution in [0.5, 0.6) is 0 Å². The minimum atomic E-state index is -3.02. The van der Waals surface area contributed by atoms with Gasteiger partial charge in [-0.05, 0) is 42.7 Å². The lowest BCUT2D eigenvalue weighted by molar-refractivity contribution is 0.0747. The average Bonchev–Trinajstić information content (AvgIpc) is 3.05. The van der Waals surface area contributed by atoms with Crippen LogP contribution < -0.4 is 4.90 Å². The first-order chi connectivity index (χ1) is 12.9. The fourth-order valence-electron chi connectivity index (χ4n) is 3.15. The second-order valence-corrected chi connectivity index (χ2v) is 9.13. The molecular weight excluding hydrogens is 364 g/mol. The molecule has 3 heterocycles. The first-order valence-electron chi connectivity index (χ1n) is 8.89. The quantitative estimate of drug-likeness (QED) is 0.744. The third-order valence-electron chi connectivity index (χ3n) is 4.95. The summed E-state index contributed by atoms with van der Waals surface area (Å²) in [6.07, 6.45) is 6.48. The molecule has 1 aliphatic rings. The minimum absolute atomic E-state index is 0.0402. The summed E-state index contributed by atoms with van der Waals surface area (Å²) in [4.78, 5) is 24.6. The van der Waals surface area contributed by atoms with Gasteiger partial charge in [-0.3, -0.25) is 9.78 Å². The Hall–Kier alpha value is -2.48. The molecule has 2 aromatic heterocycles. The van der Waals surface area contributed by atoms with Gasteiger partial charge in [-0.25, -0.2) is 13.4 Å². The Labute approximate surface area is 160 Å². The molecule has 2 aromatic rings. The Bertz CT molecular complexity index is 885. The van der Waals surface area contributed by atoms with Crippen molar-refractivity contribution in [3.05, 3.63) is 54.0 Å². The number of amides is 1. The fourth-order valence-corrected chi connectivity index (χ4v) is 4.92. The normalized spacial score (nSPS) is 18.2. The molecule has 1 amide bonds. The van der Waals surface area contributed by atoms with E-state index >= 15 is 0 Å². The third-order valence-corrected chi connectivity index (χ3v) is 6.70. The number of nitrogens with zero attached hydrogens (tertiary/aromatic N) is 4. The number of carbonyl (C=O) groups is 1. The zero-order valence-electron chi connectivity index (χ0n) is 15.6. The number of anilines is 1. The van der Waals surface area contributed by atoms with E-state index in [-0.39, 0.29) is 23.5 Å². The highest BCUT2D eigenvalue weighted by molar-refractivity contribution is 7.91. The van der Waals surface area contributed by atoms with Crippen LogP contribution >= 0.6 is 0 Å². The summed E-state index contributed by atoms with van der Waals surface area (Å²) in [6, 6.07) is 7.28. The molecule has 8 heteroatoms. The Morgan fingerprint density at radius 3 is 2.52 bits per heavy atom. The molecule has 1 atom stereocenters. The van der Waals surface area contributed by atoms with Gasteiger partial charge in [-0.2, -0.15) is 0 Å². The van der Waals surface area contributed by atoms with Crippen molar-refractivity contribution < 1.29 is 13.2 Å². The van der Waals surface area contributed by atoms with Crippen LogP contribution in [0.3, 0.4) is 0 Å². The van der Waals surface area contributed by atoms with Crippen molar-refractivity contribution in [2.45, 2.75) is 18.9 Å². The molecular formula is C19H24N4O3S. The largest absolute Gasteiger partial charge is 0.359 e. The van der Waals surface area contributed by atoms with E-state index < -0.39 is 9.84 Å². The van der Waals surface area contributed by atoms with Crippen LogP contribution in [0.15, 0.2) is 42.9 Å². The van der Waals surface area contributed by atoms with Crippen LogP contribution in [-0.4, -0.2) is 67.4 Å². The first-order valence-corrected chi connectivity index (χ1v) is 10.7. The van der Waals surface area contributed by atoms with E-state index in [0.29, 0.717) is 12.0 Å². The van der Waals surface area contributed by atoms with Crippen molar-refractivity contribution in [3.63, 3.8) is 0 Å². The molecule has 1 unspecified atom stereocenters. The van der Waals surface area contributed by atoms with Crippen LogP contribution in [0, 0.1) is 0 Å². The van der Waals surface area contributed by atoms with Crippen LogP contribution in [0.4, 0.5) is 5.82 Å². The van der Waals surface area contributed by atoms with Gasteiger partial charge in [0.1, 0.15) is 5.82 Å². The van der Waals surface area contributed by atoms with Crippen molar-refractivity contribution in [2.75, 3.05) is 37.0 Å². The Balaban J connectivity index is 1.60. The maximum absolute atomic E-state index is 12.6. The minimum Gasteiger partial charge on any atom is -0.359 e. The lowest BCUT2D eigenvalue weighted by Gasteiger charge is -2.24. The maximum Gasteiger partial charge on any atom is 0.255 e. The van der Waals surface area contributed by atoms with Gasteiger partial charge in [-0.15, -0.1) is 0 Å². The lowest BCUT2D eigenvalue weighted by atomic mass is 10.2. The first kappa shape index (κ1) is 19.3. The highest BCUT2D eigenvalue weighted by Gasteiger charge is 2.33. The van der Waals surface area contributed by atoms with Crippen molar-refractivity contribution in [1.29, 1.82) is 0 Å². The summed E-state index contributed by atoms with van der Waals surface area (Å²) in [5.74, 6) is 0.773. The van der Waals surface area contributed by atoms with Crippen LogP contribution in [-0.2, 0) is 16.3 Å². The molecule has 0 bridgehead atoms. The number of hydrogen-bond acceptors (Lipinski definition) is 6. The number of likely N-dealkylation sites (N-methyl/N-ethyl adjacent to an activating group) is 1. The summed E-state index contributed by atoms with van der Waals surface area (Å²) in [7, 11) is 0.591. The predicted octanol–water partition coefficient (Wildman–Crippen LogP) is 1.41.